The Hall–Kier alpha value is -2.20. The SMILES string of the molecule is CC(=O)c1c(-c2ccccc2)c2cc(Br)ccc2[nH]c1=O. The van der Waals surface area contributed by atoms with Gasteiger partial charge in [-0.2, -0.15) is 0 Å². The molecular weight excluding hydrogens is 330 g/mol. The lowest BCUT2D eigenvalue weighted by Gasteiger charge is -2.11. The van der Waals surface area contributed by atoms with Crippen LogP contribution in [0.2, 0.25) is 0 Å². The van der Waals surface area contributed by atoms with Crippen molar-refractivity contribution in [1.82, 2.24) is 4.98 Å². The van der Waals surface area contributed by atoms with Gasteiger partial charge in [-0.05, 0) is 30.7 Å². The van der Waals surface area contributed by atoms with Crippen molar-refractivity contribution in [3.63, 3.8) is 0 Å². The van der Waals surface area contributed by atoms with Gasteiger partial charge in [-0.25, -0.2) is 0 Å². The van der Waals surface area contributed by atoms with Crippen LogP contribution in [0.4, 0.5) is 0 Å². The van der Waals surface area contributed by atoms with Crippen LogP contribution in [0, 0.1) is 0 Å². The van der Waals surface area contributed by atoms with E-state index < -0.39 is 0 Å². The predicted molar refractivity (Wildman–Crippen MR) is 87.7 cm³/mol. The van der Waals surface area contributed by atoms with Gasteiger partial charge >= 0.3 is 0 Å². The van der Waals surface area contributed by atoms with Gasteiger partial charge in [-0.1, -0.05) is 46.3 Å². The number of aromatic amines is 1. The van der Waals surface area contributed by atoms with E-state index in [1.54, 1.807) is 0 Å². The van der Waals surface area contributed by atoms with E-state index in [0.717, 1.165) is 15.4 Å². The molecule has 0 aliphatic carbocycles. The van der Waals surface area contributed by atoms with Gasteiger partial charge in [-0.15, -0.1) is 0 Å². The molecule has 0 aliphatic rings. The molecule has 3 rings (SSSR count). The second-order valence-electron chi connectivity index (χ2n) is 4.82. The Morgan fingerprint density at radius 2 is 1.81 bits per heavy atom. The number of hydrogen-bond acceptors (Lipinski definition) is 2. The molecule has 0 atom stereocenters. The normalized spacial score (nSPS) is 10.8. The molecule has 3 nitrogen and oxygen atoms in total. The topological polar surface area (TPSA) is 49.9 Å². The molecule has 3 aromatic rings. The van der Waals surface area contributed by atoms with E-state index in [1.165, 1.54) is 6.92 Å². The number of nitrogens with one attached hydrogen (secondary N) is 1. The predicted octanol–water partition coefficient (Wildman–Crippen LogP) is 4.16. The van der Waals surface area contributed by atoms with Crippen molar-refractivity contribution in [2.75, 3.05) is 0 Å². The van der Waals surface area contributed by atoms with Gasteiger partial charge in [-0.3, -0.25) is 9.59 Å². The molecule has 21 heavy (non-hydrogen) atoms. The number of ketones is 1. The van der Waals surface area contributed by atoms with E-state index in [9.17, 15) is 9.59 Å². The molecule has 0 amide bonds. The third-order valence-corrected chi connectivity index (χ3v) is 3.88. The first kappa shape index (κ1) is 13.8. The lowest BCUT2D eigenvalue weighted by Crippen LogP contribution is -2.18. The summed E-state index contributed by atoms with van der Waals surface area (Å²) in [5.41, 5.74) is 2.11. The van der Waals surface area contributed by atoms with Crippen molar-refractivity contribution >= 4 is 32.6 Å². The third-order valence-electron chi connectivity index (χ3n) is 3.39. The highest BCUT2D eigenvalue weighted by atomic mass is 79.9. The highest BCUT2D eigenvalue weighted by Gasteiger charge is 2.17. The first-order valence-electron chi connectivity index (χ1n) is 6.50. The lowest BCUT2D eigenvalue weighted by molar-refractivity contribution is 0.101. The van der Waals surface area contributed by atoms with Gasteiger partial charge < -0.3 is 4.98 Å². The molecule has 104 valence electrons. The average molecular weight is 342 g/mol. The zero-order valence-corrected chi connectivity index (χ0v) is 12.9. The minimum absolute atomic E-state index is 0.201. The van der Waals surface area contributed by atoms with E-state index >= 15 is 0 Å². The number of pyridine rings is 1. The Balaban J connectivity index is 2.53. The van der Waals surface area contributed by atoms with E-state index in [4.69, 9.17) is 0 Å². The molecule has 0 aliphatic heterocycles. The molecule has 0 radical (unpaired) electrons. The molecule has 2 aromatic carbocycles. The van der Waals surface area contributed by atoms with Crippen LogP contribution in [0.5, 0.6) is 0 Å². The molecule has 0 bridgehead atoms. The van der Waals surface area contributed by atoms with E-state index in [-0.39, 0.29) is 16.9 Å². The number of rotatable bonds is 2. The first-order valence-corrected chi connectivity index (χ1v) is 7.29. The van der Waals surface area contributed by atoms with Crippen LogP contribution < -0.4 is 5.56 Å². The fourth-order valence-electron chi connectivity index (χ4n) is 2.51. The molecule has 0 saturated heterocycles. The van der Waals surface area contributed by atoms with Crippen molar-refractivity contribution < 1.29 is 4.79 Å². The van der Waals surface area contributed by atoms with Gasteiger partial charge in [0.15, 0.2) is 5.78 Å². The van der Waals surface area contributed by atoms with Crippen LogP contribution in [0.25, 0.3) is 22.0 Å². The average Bonchev–Trinajstić information content (AvgIpc) is 2.47. The number of aromatic nitrogens is 1. The van der Waals surface area contributed by atoms with Gasteiger partial charge in [0.05, 0.1) is 5.56 Å². The Kier molecular flexibility index (Phi) is 3.47. The summed E-state index contributed by atoms with van der Waals surface area (Å²) < 4.78 is 0.897. The van der Waals surface area contributed by atoms with Crippen molar-refractivity contribution in [3.05, 3.63) is 68.9 Å². The first-order chi connectivity index (χ1) is 10.1. The van der Waals surface area contributed by atoms with Crippen LogP contribution in [0.3, 0.4) is 0 Å². The minimum Gasteiger partial charge on any atom is -0.321 e. The van der Waals surface area contributed by atoms with Crippen molar-refractivity contribution in [2.24, 2.45) is 0 Å². The minimum atomic E-state index is -0.351. The van der Waals surface area contributed by atoms with Crippen LogP contribution in [0.1, 0.15) is 17.3 Å². The van der Waals surface area contributed by atoms with E-state index in [0.29, 0.717) is 11.1 Å². The third kappa shape index (κ3) is 2.43. The van der Waals surface area contributed by atoms with Gasteiger partial charge in [0.2, 0.25) is 0 Å². The molecule has 0 fully saturated rings. The monoisotopic (exact) mass is 341 g/mol. The maximum Gasteiger partial charge on any atom is 0.259 e. The largest absolute Gasteiger partial charge is 0.321 e. The molecule has 1 aromatic heterocycles. The Bertz CT molecular complexity index is 898. The van der Waals surface area contributed by atoms with Gasteiger partial charge in [0, 0.05) is 20.9 Å². The summed E-state index contributed by atoms with van der Waals surface area (Å²) in [6, 6.07) is 15.1. The fraction of sp³-hybridized carbons (Fsp3) is 0.0588. The zero-order valence-electron chi connectivity index (χ0n) is 11.3. The molecule has 4 heteroatoms. The summed E-state index contributed by atoms with van der Waals surface area (Å²) in [5, 5.41) is 0.848. The fourth-order valence-corrected chi connectivity index (χ4v) is 2.87. The Labute approximate surface area is 129 Å². The number of H-pyrrole nitrogens is 1. The quantitative estimate of drug-likeness (QED) is 0.711. The second kappa shape index (κ2) is 5.30. The van der Waals surface area contributed by atoms with Crippen LogP contribution in [-0.4, -0.2) is 10.8 Å². The summed E-state index contributed by atoms with van der Waals surface area (Å²) in [7, 11) is 0. The van der Waals surface area contributed by atoms with Gasteiger partial charge in [0.25, 0.3) is 5.56 Å². The maximum absolute atomic E-state index is 12.3. The number of fused-ring (bicyclic) bond motifs is 1. The summed E-state index contributed by atoms with van der Waals surface area (Å²) in [6.07, 6.45) is 0. The molecular formula is C17H12BrNO2. The number of carbonyl (C=O) groups is 1. The van der Waals surface area contributed by atoms with E-state index in [2.05, 4.69) is 20.9 Å². The number of hydrogen-bond donors (Lipinski definition) is 1. The molecule has 1 N–H and O–H groups in total. The smallest absolute Gasteiger partial charge is 0.259 e. The maximum atomic E-state index is 12.3. The number of Topliss-reactive ketones (excluding diaryl/α,β-unsaturated/α-hetero) is 1. The lowest BCUT2D eigenvalue weighted by atomic mass is 9.94. The highest BCUT2D eigenvalue weighted by Crippen LogP contribution is 2.31. The Morgan fingerprint density at radius 3 is 2.48 bits per heavy atom. The molecule has 0 spiro atoms. The second-order valence-corrected chi connectivity index (χ2v) is 5.73. The van der Waals surface area contributed by atoms with Crippen LogP contribution in [0.15, 0.2) is 57.8 Å². The summed E-state index contributed by atoms with van der Waals surface area (Å²) >= 11 is 3.44. The van der Waals surface area contributed by atoms with Crippen molar-refractivity contribution in [1.29, 1.82) is 0 Å². The van der Waals surface area contributed by atoms with Crippen LogP contribution in [-0.2, 0) is 0 Å². The molecule has 0 saturated carbocycles. The van der Waals surface area contributed by atoms with Crippen LogP contribution >= 0.6 is 15.9 Å². The van der Waals surface area contributed by atoms with Crippen molar-refractivity contribution in [2.45, 2.75) is 6.92 Å². The number of halogens is 1. The molecule has 0 unspecified atom stereocenters. The van der Waals surface area contributed by atoms with Gasteiger partial charge in [0.1, 0.15) is 0 Å². The number of benzene rings is 2. The summed E-state index contributed by atoms with van der Waals surface area (Å²) in [4.78, 5) is 27.0. The van der Waals surface area contributed by atoms with E-state index in [1.807, 2.05) is 48.5 Å². The standard InChI is InChI=1S/C17H12BrNO2/c1-10(20)15-16(11-5-3-2-4-6-11)13-9-12(18)7-8-14(13)19-17(15)21/h2-9H,1H3,(H,19,21). The highest BCUT2D eigenvalue weighted by molar-refractivity contribution is 9.10. The zero-order chi connectivity index (χ0) is 15.0. The molecule has 1 heterocycles. The summed E-state index contributed by atoms with van der Waals surface area (Å²) in [6.45, 7) is 1.42. The van der Waals surface area contributed by atoms with Crippen molar-refractivity contribution in [3.8, 4) is 11.1 Å². The Morgan fingerprint density at radius 1 is 1.10 bits per heavy atom. The number of carbonyl (C=O) groups excluding carboxylic acids is 1. The summed E-state index contributed by atoms with van der Waals surface area (Å²) in [5.74, 6) is -0.239.